The molecular weight excluding hydrogens is 186 g/mol. The second-order valence-electron chi connectivity index (χ2n) is 4.83. The molecule has 0 amide bonds. The average Bonchev–Trinajstić information content (AvgIpc) is 2.60. The van der Waals surface area contributed by atoms with Crippen molar-refractivity contribution in [3.8, 4) is 0 Å². The summed E-state index contributed by atoms with van der Waals surface area (Å²) >= 11 is 0. The molecule has 15 heavy (non-hydrogen) atoms. The van der Waals surface area contributed by atoms with Gasteiger partial charge in [0.25, 0.3) is 0 Å². The molecule has 2 nitrogen and oxygen atoms in total. The van der Waals surface area contributed by atoms with Crippen LogP contribution in [0.15, 0.2) is 30.3 Å². The third-order valence-corrected chi connectivity index (χ3v) is 3.69. The Labute approximate surface area is 91.7 Å². The number of nitrogens with zero attached hydrogens (tertiary/aromatic N) is 1. The fourth-order valence-corrected chi connectivity index (χ4v) is 2.68. The SMILES string of the molecule is C[N+]1(Cc2ccccc2)CCC[C@H]1CO. The van der Waals surface area contributed by atoms with E-state index in [1.54, 1.807) is 0 Å². The van der Waals surface area contributed by atoms with Crippen LogP contribution in [0.5, 0.6) is 0 Å². The quantitative estimate of drug-likeness (QED) is 0.748. The molecule has 1 fully saturated rings. The molecular formula is C13H20NO+. The Hall–Kier alpha value is -0.860. The number of hydrogen-bond acceptors (Lipinski definition) is 1. The van der Waals surface area contributed by atoms with Crippen molar-refractivity contribution < 1.29 is 9.59 Å². The summed E-state index contributed by atoms with van der Waals surface area (Å²) in [6.07, 6.45) is 2.41. The molecule has 1 aromatic carbocycles. The van der Waals surface area contributed by atoms with E-state index in [0.717, 1.165) is 11.0 Å². The molecule has 1 unspecified atom stereocenters. The first-order valence-electron chi connectivity index (χ1n) is 5.73. The highest BCUT2D eigenvalue weighted by Gasteiger charge is 2.37. The zero-order valence-corrected chi connectivity index (χ0v) is 9.39. The fourth-order valence-electron chi connectivity index (χ4n) is 2.68. The van der Waals surface area contributed by atoms with E-state index in [4.69, 9.17) is 0 Å². The number of quaternary nitrogens is 1. The number of likely N-dealkylation sites (N-methyl/N-ethyl adjacent to an activating group) is 1. The summed E-state index contributed by atoms with van der Waals surface area (Å²) in [5, 5.41) is 9.36. The topological polar surface area (TPSA) is 20.2 Å². The van der Waals surface area contributed by atoms with Gasteiger partial charge < -0.3 is 9.59 Å². The summed E-state index contributed by atoms with van der Waals surface area (Å²) in [6.45, 7) is 2.57. The summed E-state index contributed by atoms with van der Waals surface area (Å²) in [5.74, 6) is 0. The number of aliphatic hydroxyl groups is 1. The van der Waals surface area contributed by atoms with Crippen molar-refractivity contribution in [2.24, 2.45) is 0 Å². The molecule has 1 aliphatic rings. The maximum atomic E-state index is 9.36. The predicted octanol–water partition coefficient (Wildman–Crippen LogP) is 1.79. The molecule has 1 heterocycles. The molecule has 1 N–H and O–H groups in total. The van der Waals surface area contributed by atoms with Crippen LogP contribution in [0.2, 0.25) is 0 Å². The first-order valence-corrected chi connectivity index (χ1v) is 5.73. The molecule has 0 spiro atoms. The Balaban J connectivity index is 2.10. The van der Waals surface area contributed by atoms with Gasteiger partial charge in [-0.3, -0.25) is 0 Å². The van der Waals surface area contributed by atoms with E-state index in [2.05, 4.69) is 37.4 Å². The predicted molar refractivity (Wildman–Crippen MR) is 61.3 cm³/mol. The molecule has 2 heteroatoms. The first kappa shape index (κ1) is 10.7. The van der Waals surface area contributed by atoms with Crippen LogP contribution in [-0.4, -0.2) is 35.8 Å². The average molecular weight is 206 g/mol. The molecule has 0 bridgehead atoms. The van der Waals surface area contributed by atoms with Crippen LogP contribution < -0.4 is 0 Å². The van der Waals surface area contributed by atoms with Crippen molar-refractivity contribution in [2.75, 3.05) is 20.2 Å². The summed E-state index contributed by atoms with van der Waals surface area (Å²) in [4.78, 5) is 0. The van der Waals surface area contributed by atoms with Crippen LogP contribution >= 0.6 is 0 Å². The molecule has 0 saturated carbocycles. The van der Waals surface area contributed by atoms with Gasteiger partial charge in [0.1, 0.15) is 12.6 Å². The number of rotatable bonds is 3. The summed E-state index contributed by atoms with van der Waals surface area (Å²) in [5.41, 5.74) is 1.38. The van der Waals surface area contributed by atoms with Gasteiger partial charge in [-0.1, -0.05) is 30.3 Å². The maximum Gasteiger partial charge on any atom is 0.113 e. The van der Waals surface area contributed by atoms with Gasteiger partial charge >= 0.3 is 0 Å². The van der Waals surface area contributed by atoms with E-state index < -0.39 is 0 Å². The van der Waals surface area contributed by atoms with Crippen LogP contribution in [0.1, 0.15) is 18.4 Å². The van der Waals surface area contributed by atoms with Gasteiger partial charge in [0.05, 0.1) is 20.2 Å². The fraction of sp³-hybridized carbons (Fsp3) is 0.538. The minimum absolute atomic E-state index is 0.323. The third-order valence-electron chi connectivity index (χ3n) is 3.69. The van der Waals surface area contributed by atoms with Gasteiger partial charge in [-0.15, -0.1) is 0 Å². The second kappa shape index (κ2) is 4.33. The Kier molecular flexibility index (Phi) is 3.08. The summed E-state index contributed by atoms with van der Waals surface area (Å²) in [6, 6.07) is 11.0. The third kappa shape index (κ3) is 2.21. The monoisotopic (exact) mass is 206 g/mol. The smallest absolute Gasteiger partial charge is 0.113 e. The Bertz CT molecular complexity index is 312. The van der Waals surface area contributed by atoms with E-state index >= 15 is 0 Å². The van der Waals surface area contributed by atoms with E-state index in [0.29, 0.717) is 12.6 Å². The number of aliphatic hydroxyl groups excluding tert-OH is 1. The molecule has 1 aliphatic heterocycles. The van der Waals surface area contributed by atoms with Crippen molar-refractivity contribution in [2.45, 2.75) is 25.4 Å². The van der Waals surface area contributed by atoms with E-state index in [1.807, 2.05) is 0 Å². The zero-order chi connectivity index (χ0) is 10.7. The van der Waals surface area contributed by atoms with Crippen molar-refractivity contribution >= 4 is 0 Å². The van der Waals surface area contributed by atoms with Gasteiger partial charge in [0.15, 0.2) is 0 Å². The van der Waals surface area contributed by atoms with Gasteiger partial charge in [0, 0.05) is 18.4 Å². The highest BCUT2D eigenvalue weighted by Crippen LogP contribution is 2.27. The van der Waals surface area contributed by atoms with Crippen LogP contribution in [0, 0.1) is 0 Å². The first-order chi connectivity index (χ1) is 7.24. The highest BCUT2D eigenvalue weighted by molar-refractivity contribution is 5.13. The van der Waals surface area contributed by atoms with Crippen LogP contribution in [0.4, 0.5) is 0 Å². The molecule has 0 aliphatic carbocycles. The summed E-state index contributed by atoms with van der Waals surface area (Å²) < 4.78 is 1.00. The largest absolute Gasteiger partial charge is 0.390 e. The lowest BCUT2D eigenvalue weighted by atomic mass is 10.1. The molecule has 1 saturated heterocycles. The lowest BCUT2D eigenvalue weighted by Crippen LogP contribution is -2.48. The lowest BCUT2D eigenvalue weighted by Gasteiger charge is -2.35. The number of benzene rings is 1. The Morgan fingerprint density at radius 3 is 2.73 bits per heavy atom. The Morgan fingerprint density at radius 2 is 2.07 bits per heavy atom. The van der Waals surface area contributed by atoms with Crippen molar-refractivity contribution in [3.05, 3.63) is 35.9 Å². The van der Waals surface area contributed by atoms with Gasteiger partial charge in [0.2, 0.25) is 0 Å². The van der Waals surface area contributed by atoms with E-state index in [1.165, 1.54) is 24.9 Å². The van der Waals surface area contributed by atoms with Crippen molar-refractivity contribution in [3.63, 3.8) is 0 Å². The Morgan fingerprint density at radius 1 is 1.33 bits per heavy atom. The number of hydrogen-bond donors (Lipinski definition) is 1. The second-order valence-corrected chi connectivity index (χ2v) is 4.83. The molecule has 82 valence electrons. The van der Waals surface area contributed by atoms with Gasteiger partial charge in [-0.2, -0.15) is 0 Å². The molecule has 2 atom stereocenters. The van der Waals surface area contributed by atoms with Gasteiger partial charge in [-0.05, 0) is 0 Å². The number of likely N-dealkylation sites (tertiary alicyclic amines) is 1. The van der Waals surface area contributed by atoms with Crippen molar-refractivity contribution in [1.82, 2.24) is 0 Å². The molecule has 1 aromatic rings. The summed E-state index contributed by atoms with van der Waals surface area (Å²) in [7, 11) is 2.26. The molecule has 2 rings (SSSR count). The molecule has 0 aromatic heterocycles. The van der Waals surface area contributed by atoms with E-state index in [9.17, 15) is 5.11 Å². The molecule has 0 radical (unpaired) electrons. The van der Waals surface area contributed by atoms with Crippen molar-refractivity contribution in [1.29, 1.82) is 0 Å². The van der Waals surface area contributed by atoms with Gasteiger partial charge in [-0.25, -0.2) is 0 Å². The minimum atomic E-state index is 0.323. The highest BCUT2D eigenvalue weighted by atomic mass is 16.3. The maximum absolute atomic E-state index is 9.36. The van der Waals surface area contributed by atoms with E-state index in [-0.39, 0.29) is 0 Å². The van der Waals surface area contributed by atoms with Crippen LogP contribution in [-0.2, 0) is 6.54 Å². The van der Waals surface area contributed by atoms with Crippen LogP contribution in [0.25, 0.3) is 0 Å². The zero-order valence-electron chi connectivity index (χ0n) is 9.39. The normalized spacial score (nSPS) is 30.7. The lowest BCUT2D eigenvalue weighted by molar-refractivity contribution is -0.934. The minimum Gasteiger partial charge on any atom is -0.390 e. The standard InChI is InChI=1S/C13H20NO/c1-14(9-5-8-13(14)11-15)10-12-6-3-2-4-7-12/h2-4,6-7,13,15H,5,8-11H2,1H3/q+1/t13-,14?/m0/s1. The van der Waals surface area contributed by atoms with Crippen LogP contribution in [0.3, 0.4) is 0 Å².